The first-order valence-corrected chi connectivity index (χ1v) is 6.83. The van der Waals surface area contributed by atoms with Gasteiger partial charge in [-0.15, -0.1) is 0 Å². The third-order valence-electron chi connectivity index (χ3n) is 3.61. The van der Waals surface area contributed by atoms with E-state index in [1.807, 2.05) is 25.2 Å². The largest absolute Gasteiger partial charge is 0.365 e. The summed E-state index contributed by atoms with van der Waals surface area (Å²) in [5.41, 5.74) is 2.38. The molecule has 1 aromatic carbocycles. The molecule has 1 saturated heterocycles. The van der Waals surface area contributed by atoms with Gasteiger partial charge in [0.05, 0.1) is 6.04 Å². The summed E-state index contributed by atoms with van der Waals surface area (Å²) < 4.78 is 0. The maximum Gasteiger partial charge on any atom is 0.138 e. The number of nitrogens with one attached hydrogen (secondary N) is 2. The molecule has 0 unspecified atom stereocenters. The Kier molecular flexibility index (Phi) is 3.52. The van der Waals surface area contributed by atoms with Crippen LogP contribution in [-0.2, 0) is 0 Å². The topological polar surface area (TPSA) is 53.1 Å². The van der Waals surface area contributed by atoms with Gasteiger partial charge in [-0.25, -0.2) is 9.97 Å². The molecule has 0 bridgehead atoms. The summed E-state index contributed by atoms with van der Waals surface area (Å²) in [5, 5.41) is 6.64. The second-order valence-corrected chi connectivity index (χ2v) is 5.11. The third-order valence-corrected chi connectivity index (χ3v) is 3.61. The quantitative estimate of drug-likeness (QED) is 0.888. The minimum absolute atomic E-state index is 0.474. The molecule has 1 aliphatic heterocycles. The minimum atomic E-state index is 0.474. The monoisotopic (exact) mass is 269 g/mol. The van der Waals surface area contributed by atoms with E-state index in [4.69, 9.17) is 0 Å². The smallest absolute Gasteiger partial charge is 0.138 e. The third kappa shape index (κ3) is 2.58. The highest BCUT2D eigenvalue weighted by Crippen LogP contribution is 2.25. The lowest BCUT2D eigenvalue weighted by Gasteiger charge is -2.28. The van der Waals surface area contributed by atoms with Crippen LogP contribution < -0.4 is 15.5 Å². The Morgan fingerprint density at radius 1 is 1.25 bits per heavy atom. The molecule has 0 atom stereocenters. The van der Waals surface area contributed by atoms with Crippen molar-refractivity contribution in [2.75, 3.05) is 30.4 Å². The molecule has 5 heteroatoms. The standard InChI is InChI=1S/C15H19N5/c1-11-5-3-4-6-13(11)20(2)15-7-14(17-10-18-15)19-12-8-16-9-12/h3-7,10,12,16H,8-9H2,1-2H3,(H,17,18,19). The van der Waals surface area contributed by atoms with Crippen LogP contribution in [0, 0.1) is 6.92 Å². The maximum absolute atomic E-state index is 4.37. The molecule has 2 aromatic rings. The first-order valence-electron chi connectivity index (χ1n) is 6.83. The summed E-state index contributed by atoms with van der Waals surface area (Å²) in [6.07, 6.45) is 1.61. The number of nitrogens with zero attached hydrogens (tertiary/aromatic N) is 3. The Hall–Kier alpha value is -2.14. The molecule has 20 heavy (non-hydrogen) atoms. The second-order valence-electron chi connectivity index (χ2n) is 5.11. The number of para-hydroxylation sites is 1. The van der Waals surface area contributed by atoms with Gasteiger partial charge in [0.1, 0.15) is 18.0 Å². The zero-order chi connectivity index (χ0) is 13.9. The van der Waals surface area contributed by atoms with Crippen molar-refractivity contribution in [1.82, 2.24) is 15.3 Å². The van der Waals surface area contributed by atoms with Gasteiger partial charge in [0, 0.05) is 31.9 Å². The van der Waals surface area contributed by atoms with Crippen molar-refractivity contribution in [2.45, 2.75) is 13.0 Å². The Morgan fingerprint density at radius 3 is 2.75 bits per heavy atom. The van der Waals surface area contributed by atoms with E-state index in [2.05, 4.69) is 44.6 Å². The Morgan fingerprint density at radius 2 is 2.05 bits per heavy atom. The van der Waals surface area contributed by atoms with E-state index in [1.54, 1.807) is 6.33 Å². The highest BCUT2D eigenvalue weighted by Gasteiger charge is 2.17. The van der Waals surface area contributed by atoms with Crippen molar-refractivity contribution in [2.24, 2.45) is 0 Å². The Bertz CT molecular complexity index is 594. The van der Waals surface area contributed by atoms with Gasteiger partial charge in [-0.3, -0.25) is 0 Å². The van der Waals surface area contributed by atoms with Crippen molar-refractivity contribution >= 4 is 17.3 Å². The molecule has 1 aliphatic rings. The van der Waals surface area contributed by atoms with Crippen molar-refractivity contribution in [3.05, 3.63) is 42.2 Å². The molecule has 0 aliphatic carbocycles. The summed E-state index contributed by atoms with van der Waals surface area (Å²) in [6, 6.07) is 10.8. The first-order chi connectivity index (χ1) is 9.74. The zero-order valence-corrected chi connectivity index (χ0v) is 11.8. The molecule has 0 amide bonds. The van der Waals surface area contributed by atoms with Crippen LogP contribution in [0.25, 0.3) is 0 Å². The SMILES string of the molecule is Cc1ccccc1N(C)c1cc(NC2CNC2)ncn1. The van der Waals surface area contributed by atoms with E-state index in [0.717, 1.165) is 30.4 Å². The van der Waals surface area contributed by atoms with Gasteiger partial charge in [0.15, 0.2) is 0 Å². The number of hydrogen-bond donors (Lipinski definition) is 2. The van der Waals surface area contributed by atoms with Crippen LogP contribution in [0.4, 0.5) is 17.3 Å². The fourth-order valence-corrected chi connectivity index (χ4v) is 2.27. The average molecular weight is 269 g/mol. The van der Waals surface area contributed by atoms with E-state index in [1.165, 1.54) is 5.56 Å². The van der Waals surface area contributed by atoms with Gasteiger partial charge >= 0.3 is 0 Å². The van der Waals surface area contributed by atoms with Crippen LogP contribution in [-0.4, -0.2) is 36.1 Å². The van der Waals surface area contributed by atoms with Gasteiger partial charge in [-0.05, 0) is 18.6 Å². The van der Waals surface area contributed by atoms with Crippen LogP contribution in [0.5, 0.6) is 0 Å². The average Bonchev–Trinajstić information content (AvgIpc) is 2.43. The number of aromatic nitrogens is 2. The molecule has 104 valence electrons. The van der Waals surface area contributed by atoms with Crippen molar-refractivity contribution < 1.29 is 0 Å². The highest BCUT2D eigenvalue weighted by atomic mass is 15.2. The molecule has 1 aromatic heterocycles. The van der Waals surface area contributed by atoms with E-state index in [-0.39, 0.29) is 0 Å². The van der Waals surface area contributed by atoms with Crippen LogP contribution in [0.1, 0.15) is 5.56 Å². The Labute approximate surface area is 119 Å². The molecule has 2 N–H and O–H groups in total. The molecular weight excluding hydrogens is 250 g/mol. The molecule has 1 fully saturated rings. The summed E-state index contributed by atoms with van der Waals surface area (Å²) in [7, 11) is 2.03. The molecule has 2 heterocycles. The van der Waals surface area contributed by atoms with Gasteiger partial charge in [-0.1, -0.05) is 18.2 Å². The van der Waals surface area contributed by atoms with E-state index in [0.29, 0.717) is 6.04 Å². The summed E-state index contributed by atoms with van der Waals surface area (Å²) in [4.78, 5) is 10.7. The van der Waals surface area contributed by atoms with Crippen molar-refractivity contribution in [3.63, 3.8) is 0 Å². The second kappa shape index (κ2) is 5.46. The normalized spacial score (nSPS) is 14.7. The molecule has 0 saturated carbocycles. The number of benzene rings is 1. The number of hydrogen-bond acceptors (Lipinski definition) is 5. The first kappa shape index (κ1) is 12.9. The van der Waals surface area contributed by atoms with E-state index < -0.39 is 0 Å². The van der Waals surface area contributed by atoms with Crippen LogP contribution >= 0.6 is 0 Å². The Balaban J connectivity index is 1.82. The predicted molar refractivity (Wildman–Crippen MR) is 81.6 cm³/mol. The minimum Gasteiger partial charge on any atom is -0.365 e. The lowest BCUT2D eigenvalue weighted by Crippen LogP contribution is -2.51. The van der Waals surface area contributed by atoms with Crippen molar-refractivity contribution in [1.29, 1.82) is 0 Å². The molecule has 3 rings (SSSR count). The van der Waals surface area contributed by atoms with Gasteiger partial charge in [0.2, 0.25) is 0 Å². The van der Waals surface area contributed by atoms with Gasteiger partial charge in [0.25, 0.3) is 0 Å². The van der Waals surface area contributed by atoms with Gasteiger partial charge < -0.3 is 15.5 Å². The predicted octanol–water partition coefficient (Wildman–Crippen LogP) is 1.94. The lowest BCUT2D eigenvalue weighted by molar-refractivity contribution is 0.471. The number of aryl methyl sites for hydroxylation is 1. The fourth-order valence-electron chi connectivity index (χ4n) is 2.27. The lowest BCUT2D eigenvalue weighted by atomic mass is 10.2. The molecular formula is C15H19N5. The number of rotatable bonds is 4. The van der Waals surface area contributed by atoms with E-state index >= 15 is 0 Å². The van der Waals surface area contributed by atoms with Crippen molar-refractivity contribution in [3.8, 4) is 0 Å². The summed E-state index contributed by atoms with van der Waals surface area (Å²) >= 11 is 0. The zero-order valence-electron chi connectivity index (χ0n) is 11.8. The molecule has 5 nitrogen and oxygen atoms in total. The van der Waals surface area contributed by atoms with Crippen LogP contribution in [0.3, 0.4) is 0 Å². The summed E-state index contributed by atoms with van der Waals surface area (Å²) in [6.45, 7) is 4.09. The molecule has 0 radical (unpaired) electrons. The highest BCUT2D eigenvalue weighted by molar-refractivity contribution is 5.64. The van der Waals surface area contributed by atoms with Gasteiger partial charge in [-0.2, -0.15) is 0 Å². The maximum atomic E-state index is 4.37. The number of anilines is 3. The van der Waals surface area contributed by atoms with Crippen LogP contribution in [0.2, 0.25) is 0 Å². The van der Waals surface area contributed by atoms with E-state index in [9.17, 15) is 0 Å². The summed E-state index contributed by atoms with van der Waals surface area (Å²) in [5.74, 6) is 1.77. The fraction of sp³-hybridized carbons (Fsp3) is 0.333. The van der Waals surface area contributed by atoms with Crippen LogP contribution in [0.15, 0.2) is 36.7 Å². The molecule has 0 spiro atoms.